The molecule has 1 atom stereocenters. The third-order valence-corrected chi connectivity index (χ3v) is 5.13. The maximum absolute atomic E-state index is 12.5. The van der Waals surface area contributed by atoms with Crippen LogP contribution in [0.1, 0.15) is 20.8 Å². The molecule has 1 rings (SSSR count). The maximum atomic E-state index is 12.5. The van der Waals surface area contributed by atoms with Crippen LogP contribution in [0.3, 0.4) is 0 Å². The predicted octanol–water partition coefficient (Wildman–Crippen LogP) is 1.93. The van der Waals surface area contributed by atoms with Crippen molar-refractivity contribution in [3.63, 3.8) is 0 Å². The summed E-state index contributed by atoms with van der Waals surface area (Å²) in [5.74, 6) is -0.198. The third kappa shape index (κ3) is 3.54. The van der Waals surface area contributed by atoms with Crippen molar-refractivity contribution in [2.45, 2.75) is 26.6 Å². The number of hydrogen-bond donors (Lipinski definition) is 0. The highest BCUT2D eigenvalue weighted by molar-refractivity contribution is 7.54. The highest BCUT2D eigenvalue weighted by Gasteiger charge is 2.36. The zero-order chi connectivity index (χ0) is 12.0. The molecular formula is C10H22NO4P. The summed E-state index contributed by atoms with van der Waals surface area (Å²) >= 11 is 0. The molecule has 0 bridgehead atoms. The van der Waals surface area contributed by atoms with Crippen molar-refractivity contribution in [2.75, 3.05) is 39.5 Å². The average molecular weight is 251 g/mol. The van der Waals surface area contributed by atoms with E-state index in [-0.39, 0.29) is 5.78 Å². The van der Waals surface area contributed by atoms with Gasteiger partial charge in [0.2, 0.25) is 0 Å². The highest BCUT2D eigenvalue weighted by atomic mass is 31.2. The second-order valence-electron chi connectivity index (χ2n) is 3.66. The van der Waals surface area contributed by atoms with Crippen LogP contribution in [0.25, 0.3) is 0 Å². The lowest BCUT2D eigenvalue weighted by Crippen LogP contribution is -2.42. The molecule has 0 aliphatic carbocycles. The molecule has 1 saturated heterocycles. The molecule has 6 heteroatoms. The molecule has 5 nitrogen and oxygen atoms in total. The smallest absolute Gasteiger partial charge is 0.347 e. The third-order valence-electron chi connectivity index (χ3n) is 2.65. The number of hydrogen-bond acceptors (Lipinski definition) is 5. The van der Waals surface area contributed by atoms with Crippen LogP contribution in [-0.4, -0.2) is 50.2 Å². The summed E-state index contributed by atoms with van der Waals surface area (Å²) in [5, 5.41) is 0. The van der Waals surface area contributed by atoms with E-state index in [2.05, 4.69) is 4.90 Å². The molecule has 1 aliphatic heterocycles. The molecule has 0 aromatic rings. The SMILES string of the molecule is CCOP(=O)(OCC)[C@H](C)N1CCOCC1. The molecule has 0 spiro atoms. The van der Waals surface area contributed by atoms with Gasteiger partial charge < -0.3 is 13.8 Å². The first-order valence-electron chi connectivity index (χ1n) is 5.84. The van der Waals surface area contributed by atoms with E-state index in [1.54, 1.807) is 0 Å². The molecule has 1 fully saturated rings. The second kappa shape index (κ2) is 6.72. The standard InChI is InChI=1S/C10H22NO4P/c1-4-14-16(12,15-5-2)10(3)11-6-8-13-9-7-11/h10H,4-9H2,1-3H3/t10-/m1/s1. The van der Waals surface area contributed by atoms with Gasteiger partial charge in [-0.15, -0.1) is 0 Å². The van der Waals surface area contributed by atoms with Crippen molar-refractivity contribution in [3.05, 3.63) is 0 Å². The second-order valence-corrected chi connectivity index (χ2v) is 6.00. The lowest BCUT2D eigenvalue weighted by molar-refractivity contribution is 0.0271. The highest BCUT2D eigenvalue weighted by Crippen LogP contribution is 2.53. The van der Waals surface area contributed by atoms with Crippen LogP contribution in [0.15, 0.2) is 0 Å². The Morgan fingerprint density at radius 2 is 1.75 bits per heavy atom. The van der Waals surface area contributed by atoms with Gasteiger partial charge in [-0.2, -0.15) is 0 Å². The lowest BCUT2D eigenvalue weighted by atomic mass is 10.4. The fourth-order valence-electron chi connectivity index (χ4n) is 1.76. The zero-order valence-corrected chi connectivity index (χ0v) is 11.2. The Kier molecular flexibility index (Phi) is 5.94. The van der Waals surface area contributed by atoms with E-state index in [0.29, 0.717) is 26.4 Å². The van der Waals surface area contributed by atoms with Gasteiger partial charge in [-0.05, 0) is 20.8 Å². The summed E-state index contributed by atoms with van der Waals surface area (Å²) in [6.45, 7) is 9.31. The molecule has 0 aromatic carbocycles. The van der Waals surface area contributed by atoms with Crippen LogP contribution in [0, 0.1) is 0 Å². The molecule has 0 amide bonds. The van der Waals surface area contributed by atoms with Crippen molar-refractivity contribution in [1.29, 1.82) is 0 Å². The van der Waals surface area contributed by atoms with Crippen molar-refractivity contribution in [2.24, 2.45) is 0 Å². The van der Waals surface area contributed by atoms with Crippen LogP contribution in [0.5, 0.6) is 0 Å². The zero-order valence-electron chi connectivity index (χ0n) is 10.3. The first-order chi connectivity index (χ1) is 7.64. The fraction of sp³-hybridized carbons (Fsp3) is 1.00. The van der Waals surface area contributed by atoms with Gasteiger partial charge in [-0.25, -0.2) is 0 Å². The Bertz CT molecular complexity index is 233. The van der Waals surface area contributed by atoms with Gasteiger partial charge in [0, 0.05) is 13.1 Å². The van der Waals surface area contributed by atoms with Crippen LogP contribution in [0.4, 0.5) is 0 Å². The van der Waals surface area contributed by atoms with Crippen molar-refractivity contribution in [3.8, 4) is 0 Å². The van der Waals surface area contributed by atoms with Crippen molar-refractivity contribution in [1.82, 2.24) is 4.90 Å². The number of ether oxygens (including phenoxy) is 1. The minimum atomic E-state index is -3.01. The quantitative estimate of drug-likeness (QED) is 0.675. The largest absolute Gasteiger partial charge is 0.379 e. The fourth-order valence-corrected chi connectivity index (χ4v) is 3.62. The molecule has 16 heavy (non-hydrogen) atoms. The summed E-state index contributed by atoms with van der Waals surface area (Å²) in [6, 6.07) is 0. The van der Waals surface area contributed by atoms with Gasteiger partial charge in [-0.1, -0.05) is 0 Å². The van der Waals surface area contributed by atoms with Crippen molar-refractivity contribution >= 4 is 7.60 Å². The maximum Gasteiger partial charge on any atom is 0.347 e. The van der Waals surface area contributed by atoms with Gasteiger partial charge in [0.25, 0.3) is 0 Å². The topological polar surface area (TPSA) is 48.0 Å². The summed E-state index contributed by atoms with van der Waals surface area (Å²) in [6.07, 6.45) is 0. The van der Waals surface area contributed by atoms with E-state index in [1.807, 2.05) is 20.8 Å². The van der Waals surface area contributed by atoms with E-state index in [1.165, 1.54) is 0 Å². The molecule has 0 N–H and O–H groups in total. The Labute approximate surface area is 97.6 Å². The number of rotatable bonds is 6. The van der Waals surface area contributed by atoms with E-state index in [4.69, 9.17) is 13.8 Å². The van der Waals surface area contributed by atoms with Gasteiger partial charge in [0.05, 0.1) is 26.4 Å². The minimum absolute atomic E-state index is 0.198. The Balaban J connectivity index is 2.64. The minimum Gasteiger partial charge on any atom is -0.379 e. The van der Waals surface area contributed by atoms with Gasteiger partial charge in [0.15, 0.2) is 0 Å². The monoisotopic (exact) mass is 251 g/mol. The molecular weight excluding hydrogens is 229 g/mol. The molecule has 0 unspecified atom stereocenters. The predicted molar refractivity (Wildman–Crippen MR) is 62.7 cm³/mol. The number of morpholine rings is 1. The summed E-state index contributed by atoms with van der Waals surface area (Å²) < 4.78 is 28.4. The van der Waals surface area contributed by atoms with E-state index >= 15 is 0 Å². The summed E-state index contributed by atoms with van der Waals surface area (Å²) in [7, 11) is -3.01. The molecule has 96 valence electrons. The molecule has 1 aliphatic rings. The first kappa shape index (κ1) is 14.1. The van der Waals surface area contributed by atoms with Gasteiger partial charge in [0.1, 0.15) is 5.78 Å². The molecule has 0 saturated carbocycles. The van der Waals surface area contributed by atoms with Crippen LogP contribution >= 0.6 is 7.60 Å². The van der Waals surface area contributed by atoms with Gasteiger partial charge in [-0.3, -0.25) is 9.46 Å². The van der Waals surface area contributed by atoms with Crippen LogP contribution in [-0.2, 0) is 18.3 Å². The summed E-state index contributed by atoms with van der Waals surface area (Å²) in [5.41, 5.74) is 0. The van der Waals surface area contributed by atoms with Crippen LogP contribution < -0.4 is 0 Å². The number of nitrogens with zero attached hydrogens (tertiary/aromatic N) is 1. The van der Waals surface area contributed by atoms with E-state index in [9.17, 15) is 4.57 Å². The van der Waals surface area contributed by atoms with Crippen molar-refractivity contribution < 1.29 is 18.3 Å². The average Bonchev–Trinajstić information content (AvgIpc) is 2.30. The van der Waals surface area contributed by atoms with E-state index < -0.39 is 7.60 Å². The molecule has 0 radical (unpaired) electrons. The Morgan fingerprint density at radius 3 is 2.19 bits per heavy atom. The normalized spacial score (nSPS) is 20.9. The van der Waals surface area contributed by atoms with Crippen LogP contribution in [0.2, 0.25) is 0 Å². The first-order valence-corrected chi connectivity index (χ1v) is 7.45. The molecule has 0 aromatic heterocycles. The lowest BCUT2D eigenvalue weighted by Gasteiger charge is -2.35. The summed E-state index contributed by atoms with van der Waals surface area (Å²) in [4.78, 5) is 2.11. The Hall–Kier alpha value is 0.0700. The van der Waals surface area contributed by atoms with E-state index in [0.717, 1.165) is 13.1 Å². The Morgan fingerprint density at radius 1 is 1.25 bits per heavy atom. The molecule has 1 heterocycles. The van der Waals surface area contributed by atoms with Gasteiger partial charge >= 0.3 is 7.60 Å².